The van der Waals surface area contributed by atoms with Crippen LogP contribution in [0.1, 0.15) is 47.5 Å². The Kier molecular flexibility index (Phi) is 11.1. The fraction of sp³-hybridized carbons (Fsp3) is 0.636. The van der Waals surface area contributed by atoms with Gasteiger partial charge in [0.1, 0.15) is 0 Å². The minimum absolute atomic E-state index is 0.420. The number of aryl methyl sites for hydroxylation is 1. The second kappa shape index (κ2) is 13.4. The van der Waals surface area contributed by atoms with Crippen molar-refractivity contribution in [2.45, 2.75) is 64.6 Å². The summed E-state index contributed by atoms with van der Waals surface area (Å²) in [4.78, 5) is 26.1. The highest BCUT2D eigenvalue weighted by atomic mass is 32.1. The molecular formula is C22H28F6N4O5S. The molecule has 1 unspecified atom stereocenters. The number of halogens is 6. The second-order valence-corrected chi connectivity index (χ2v) is 9.61. The Morgan fingerprint density at radius 1 is 1.13 bits per heavy atom. The molecule has 0 radical (unpaired) electrons. The Bertz CT molecular complexity index is 1040. The zero-order valence-electron chi connectivity index (χ0n) is 20.6. The van der Waals surface area contributed by atoms with Crippen molar-refractivity contribution in [1.29, 1.82) is 0 Å². The molecule has 1 aliphatic heterocycles. The lowest BCUT2D eigenvalue weighted by molar-refractivity contribution is -0.193. The Balaban J connectivity index is 0.000000301. The summed E-state index contributed by atoms with van der Waals surface area (Å²) >= 11 is 1.76. The lowest BCUT2D eigenvalue weighted by Gasteiger charge is -2.33. The van der Waals surface area contributed by atoms with Crippen LogP contribution in [0.15, 0.2) is 11.7 Å². The van der Waals surface area contributed by atoms with Gasteiger partial charge in [-0.2, -0.15) is 31.4 Å². The smallest absolute Gasteiger partial charge is 0.475 e. The monoisotopic (exact) mass is 574 g/mol. The zero-order valence-corrected chi connectivity index (χ0v) is 21.4. The van der Waals surface area contributed by atoms with E-state index in [0.717, 1.165) is 51.0 Å². The van der Waals surface area contributed by atoms with E-state index in [1.807, 2.05) is 5.51 Å². The molecule has 1 aliphatic carbocycles. The maximum Gasteiger partial charge on any atom is 0.490 e. The summed E-state index contributed by atoms with van der Waals surface area (Å²) in [5, 5.41) is 19.0. The summed E-state index contributed by atoms with van der Waals surface area (Å²) in [5.74, 6) is -4.25. The second-order valence-electron chi connectivity index (χ2n) is 8.67. The summed E-state index contributed by atoms with van der Waals surface area (Å²) in [5.41, 5.74) is 5.92. The molecule has 0 bridgehead atoms. The normalized spacial score (nSPS) is 17.5. The van der Waals surface area contributed by atoms with Gasteiger partial charge in [0.15, 0.2) is 0 Å². The number of carbonyl (C=O) groups is 2. The number of alkyl halides is 6. The molecular weight excluding hydrogens is 546 g/mol. The largest absolute Gasteiger partial charge is 0.490 e. The van der Waals surface area contributed by atoms with E-state index < -0.39 is 24.3 Å². The third kappa shape index (κ3) is 9.87. The quantitative estimate of drug-likeness (QED) is 0.466. The number of hydrogen-bond acceptors (Lipinski definition) is 7. The fourth-order valence-electron chi connectivity index (χ4n) is 3.62. The summed E-state index contributed by atoms with van der Waals surface area (Å²) in [7, 11) is 0. The van der Waals surface area contributed by atoms with E-state index in [2.05, 4.69) is 34.6 Å². The maximum atomic E-state index is 10.6. The van der Waals surface area contributed by atoms with Gasteiger partial charge in [-0.15, -0.1) is 11.3 Å². The van der Waals surface area contributed by atoms with E-state index in [1.165, 1.54) is 29.0 Å². The molecule has 9 nitrogen and oxygen atoms in total. The first-order chi connectivity index (χ1) is 17.6. The van der Waals surface area contributed by atoms with Gasteiger partial charge in [-0.1, -0.05) is 0 Å². The number of aromatic nitrogens is 3. The first-order valence-electron chi connectivity index (χ1n) is 11.5. The summed E-state index contributed by atoms with van der Waals surface area (Å²) in [6, 6.07) is 0. The Morgan fingerprint density at radius 3 is 2.16 bits per heavy atom. The number of hydrogen-bond donors (Lipinski definition) is 2. The molecule has 16 heteroatoms. The number of thiazole rings is 1. The van der Waals surface area contributed by atoms with E-state index in [0.29, 0.717) is 5.92 Å². The van der Waals surface area contributed by atoms with E-state index in [1.54, 1.807) is 11.3 Å². The molecule has 2 aliphatic rings. The van der Waals surface area contributed by atoms with Crippen molar-refractivity contribution >= 4 is 23.3 Å². The van der Waals surface area contributed by atoms with Gasteiger partial charge in [0, 0.05) is 54.8 Å². The van der Waals surface area contributed by atoms with E-state index in [4.69, 9.17) is 29.6 Å². The molecule has 2 aromatic heterocycles. The third-order valence-electron chi connectivity index (χ3n) is 5.57. The highest BCUT2D eigenvalue weighted by molar-refractivity contribution is 7.09. The molecule has 0 saturated heterocycles. The average molecular weight is 575 g/mol. The van der Waals surface area contributed by atoms with Crippen molar-refractivity contribution in [2.24, 2.45) is 5.92 Å². The van der Waals surface area contributed by atoms with Gasteiger partial charge in [0.2, 0.25) is 0 Å². The first kappa shape index (κ1) is 31.5. The predicted octanol–water partition coefficient (Wildman–Crippen LogP) is 4.46. The molecule has 2 N–H and O–H groups in total. The average Bonchev–Trinajstić information content (AvgIpc) is 3.41. The van der Waals surface area contributed by atoms with Crippen LogP contribution in [0.3, 0.4) is 0 Å². The van der Waals surface area contributed by atoms with Crippen LogP contribution in [0.2, 0.25) is 0 Å². The van der Waals surface area contributed by atoms with Crippen molar-refractivity contribution in [3.8, 4) is 0 Å². The fourth-order valence-corrected chi connectivity index (χ4v) is 4.43. The SMILES string of the molecule is CCOCC1CN(Cc2scnc2C)Cc2cnn(CC3CC3)c21.O=C(O)C(F)(F)F.O=C(O)C(F)(F)F. The van der Waals surface area contributed by atoms with Crippen LogP contribution in [0.4, 0.5) is 26.3 Å². The standard InChI is InChI=1S/C18H26N4OS.2C2HF3O2/c1-3-23-11-16-9-21(10-17-13(2)19-12-24-17)8-15-6-20-22(18(15)16)7-14-4-5-14;2*3-2(4,5)1(6)7/h6,12,14,16H,3-5,7-11H2,1-2H3;2*(H,6,7). The van der Waals surface area contributed by atoms with E-state index in [-0.39, 0.29) is 0 Å². The molecule has 1 atom stereocenters. The highest BCUT2D eigenvalue weighted by Crippen LogP contribution is 2.35. The minimum Gasteiger partial charge on any atom is -0.475 e. The number of aliphatic carboxylic acids is 2. The number of nitrogens with zero attached hydrogens (tertiary/aromatic N) is 4. The van der Waals surface area contributed by atoms with Gasteiger partial charge < -0.3 is 14.9 Å². The van der Waals surface area contributed by atoms with Crippen molar-refractivity contribution in [1.82, 2.24) is 19.7 Å². The van der Waals surface area contributed by atoms with Crippen LogP contribution in [-0.4, -0.2) is 73.9 Å². The molecule has 3 heterocycles. The van der Waals surface area contributed by atoms with Crippen LogP contribution in [0, 0.1) is 12.8 Å². The van der Waals surface area contributed by atoms with E-state index in [9.17, 15) is 26.3 Å². The summed E-state index contributed by atoms with van der Waals surface area (Å²) in [6.45, 7) is 9.84. The number of carboxylic acids is 2. The molecule has 0 amide bonds. The lowest BCUT2D eigenvalue weighted by atomic mass is 9.96. The Morgan fingerprint density at radius 2 is 1.71 bits per heavy atom. The lowest BCUT2D eigenvalue weighted by Crippen LogP contribution is -2.36. The minimum atomic E-state index is -5.08. The van der Waals surface area contributed by atoms with Crippen molar-refractivity contribution in [2.75, 3.05) is 19.8 Å². The van der Waals surface area contributed by atoms with Crippen LogP contribution in [-0.2, 0) is 34.0 Å². The van der Waals surface area contributed by atoms with Gasteiger partial charge in [-0.3, -0.25) is 9.58 Å². The number of fused-ring (bicyclic) bond motifs is 1. The van der Waals surface area contributed by atoms with Gasteiger partial charge in [0.05, 0.1) is 24.0 Å². The molecule has 38 heavy (non-hydrogen) atoms. The van der Waals surface area contributed by atoms with Crippen LogP contribution >= 0.6 is 11.3 Å². The molecule has 1 saturated carbocycles. The predicted molar refractivity (Wildman–Crippen MR) is 123 cm³/mol. The zero-order chi connectivity index (χ0) is 28.7. The molecule has 2 aromatic rings. The van der Waals surface area contributed by atoms with E-state index >= 15 is 0 Å². The molecule has 214 valence electrons. The molecule has 1 fully saturated rings. The van der Waals surface area contributed by atoms with Gasteiger partial charge >= 0.3 is 24.3 Å². The summed E-state index contributed by atoms with van der Waals surface area (Å²) in [6.07, 6.45) is -5.36. The Hall–Kier alpha value is -2.72. The van der Waals surface area contributed by atoms with Crippen LogP contribution < -0.4 is 0 Å². The highest BCUT2D eigenvalue weighted by Gasteiger charge is 2.39. The van der Waals surface area contributed by atoms with Crippen molar-refractivity contribution in [3.05, 3.63) is 33.5 Å². The topological polar surface area (TPSA) is 118 Å². The third-order valence-corrected chi connectivity index (χ3v) is 6.49. The van der Waals surface area contributed by atoms with Gasteiger partial charge in [-0.25, -0.2) is 14.6 Å². The van der Waals surface area contributed by atoms with Crippen molar-refractivity contribution in [3.63, 3.8) is 0 Å². The Labute approximate surface area is 218 Å². The molecule has 0 aromatic carbocycles. The van der Waals surface area contributed by atoms with Crippen molar-refractivity contribution < 1.29 is 50.9 Å². The summed E-state index contributed by atoms with van der Waals surface area (Å²) < 4.78 is 71.5. The van der Waals surface area contributed by atoms with Crippen LogP contribution in [0.25, 0.3) is 0 Å². The number of ether oxygens (including phenoxy) is 1. The van der Waals surface area contributed by atoms with Gasteiger partial charge in [-0.05, 0) is 32.6 Å². The maximum absolute atomic E-state index is 10.6. The molecule has 4 rings (SSSR count). The molecule has 0 spiro atoms. The number of rotatable bonds is 7. The van der Waals surface area contributed by atoms with Crippen LogP contribution in [0.5, 0.6) is 0 Å². The first-order valence-corrected chi connectivity index (χ1v) is 12.3. The number of carboxylic acid groups (broad SMARTS) is 2. The van der Waals surface area contributed by atoms with Gasteiger partial charge in [0.25, 0.3) is 0 Å².